The Hall–Kier alpha value is -2.15. The number of hydrogen-bond donors (Lipinski definition) is 1. The first-order valence-corrected chi connectivity index (χ1v) is 6.66. The quantitative estimate of drug-likeness (QED) is 0.511. The number of ether oxygens (including phenoxy) is 1. The van der Waals surface area contributed by atoms with Gasteiger partial charge < -0.3 is 10.1 Å². The molecule has 0 bridgehead atoms. The van der Waals surface area contributed by atoms with Gasteiger partial charge in [-0.3, -0.25) is 19.7 Å². The zero-order chi connectivity index (χ0) is 15.6. The van der Waals surface area contributed by atoms with Crippen LogP contribution in [0.25, 0.3) is 0 Å². The molecular formula is C13H13ClN2O5. The van der Waals surface area contributed by atoms with Crippen molar-refractivity contribution in [3.8, 4) is 0 Å². The molecule has 1 aliphatic rings. The van der Waals surface area contributed by atoms with E-state index in [1.54, 1.807) is 0 Å². The maximum Gasteiger partial charge on any atom is 0.309 e. The summed E-state index contributed by atoms with van der Waals surface area (Å²) < 4.78 is 4.87. The Morgan fingerprint density at radius 2 is 2.19 bits per heavy atom. The number of hydrogen-bond acceptors (Lipinski definition) is 5. The summed E-state index contributed by atoms with van der Waals surface area (Å²) in [6.45, 7) is 1.53. The fraction of sp³-hybridized carbons (Fsp3) is 0.385. The maximum absolute atomic E-state index is 11.6. The summed E-state index contributed by atoms with van der Waals surface area (Å²) in [5.74, 6) is -0.731. The van der Waals surface area contributed by atoms with E-state index in [2.05, 4.69) is 5.32 Å². The van der Waals surface area contributed by atoms with Crippen LogP contribution in [0.15, 0.2) is 18.2 Å². The molecule has 0 radical (unpaired) electrons. The van der Waals surface area contributed by atoms with Crippen LogP contribution in [0.2, 0.25) is 5.02 Å². The fourth-order valence-corrected chi connectivity index (χ4v) is 2.02. The molecule has 21 heavy (non-hydrogen) atoms. The number of benzene rings is 1. The van der Waals surface area contributed by atoms with E-state index in [-0.39, 0.29) is 28.3 Å². The van der Waals surface area contributed by atoms with Crippen molar-refractivity contribution in [3.05, 3.63) is 33.3 Å². The molecule has 2 rings (SSSR count). The van der Waals surface area contributed by atoms with Gasteiger partial charge in [-0.25, -0.2) is 0 Å². The monoisotopic (exact) mass is 312 g/mol. The number of nitro benzene ring substituents is 1. The summed E-state index contributed by atoms with van der Waals surface area (Å²) in [6.07, 6.45) is 0.786. The van der Waals surface area contributed by atoms with Crippen LogP contribution in [-0.4, -0.2) is 23.4 Å². The summed E-state index contributed by atoms with van der Waals surface area (Å²) in [4.78, 5) is 33.1. The zero-order valence-electron chi connectivity index (χ0n) is 11.2. The second-order valence-corrected chi connectivity index (χ2v) is 5.30. The van der Waals surface area contributed by atoms with Crippen molar-refractivity contribution >= 4 is 34.9 Å². The first-order chi connectivity index (χ1) is 9.88. The Balaban J connectivity index is 1.87. The Morgan fingerprint density at radius 3 is 2.71 bits per heavy atom. The molecule has 1 aromatic carbocycles. The van der Waals surface area contributed by atoms with Crippen molar-refractivity contribution in [2.24, 2.45) is 11.8 Å². The van der Waals surface area contributed by atoms with Gasteiger partial charge in [-0.15, -0.1) is 0 Å². The molecule has 0 heterocycles. The maximum atomic E-state index is 11.6. The van der Waals surface area contributed by atoms with E-state index in [4.69, 9.17) is 16.3 Å². The lowest BCUT2D eigenvalue weighted by Gasteiger charge is -2.07. The van der Waals surface area contributed by atoms with E-state index in [9.17, 15) is 19.7 Å². The van der Waals surface area contributed by atoms with Crippen LogP contribution < -0.4 is 5.32 Å². The highest BCUT2D eigenvalue weighted by Gasteiger charge is 2.40. The molecule has 112 valence electrons. The Labute approximate surface area is 125 Å². The number of amides is 1. The van der Waals surface area contributed by atoms with E-state index >= 15 is 0 Å². The summed E-state index contributed by atoms with van der Waals surface area (Å²) in [5, 5.41) is 13.0. The Morgan fingerprint density at radius 1 is 1.52 bits per heavy atom. The number of rotatable bonds is 5. The second kappa shape index (κ2) is 6.09. The summed E-state index contributed by atoms with van der Waals surface area (Å²) >= 11 is 5.83. The predicted molar refractivity (Wildman–Crippen MR) is 75.0 cm³/mol. The topological polar surface area (TPSA) is 98.5 Å². The molecule has 0 unspecified atom stereocenters. The first kappa shape index (κ1) is 15.2. The van der Waals surface area contributed by atoms with Gasteiger partial charge in [0.15, 0.2) is 6.61 Å². The SMILES string of the molecule is C[C@H]1C[C@@H]1C(=O)OCC(=O)Nc1ccc([N+](=O)[O-])cc1Cl. The van der Waals surface area contributed by atoms with Gasteiger partial charge >= 0.3 is 5.97 Å². The van der Waals surface area contributed by atoms with Gasteiger partial charge in [0.05, 0.1) is 21.6 Å². The molecule has 0 saturated heterocycles. The van der Waals surface area contributed by atoms with Crippen LogP contribution in [-0.2, 0) is 14.3 Å². The third-order valence-electron chi connectivity index (χ3n) is 3.20. The van der Waals surface area contributed by atoms with Gasteiger partial charge in [-0.05, 0) is 18.4 Å². The standard InChI is InChI=1S/C13H13ClN2O5/c1-7-4-9(7)13(18)21-6-12(17)15-11-3-2-8(16(19)20)5-10(11)14/h2-3,5,7,9H,4,6H2,1H3,(H,15,17)/t7-,9-/m0/s1. The molecule has 1 saturated carbocycles. The number of non-ortho nitro benzene ring substituents is 1. The Kier molecular flexibility index (Phi) is 4.42. The molecule has 0 aromatic heterocycles. The number of carbonyl (C=O) groups is 2. The van der Waals surface area contributed by atoms with E-state index in [1.165, 1.54) is 12.1 Å². The average molecular weight is 313 g/mol. The van der Waals surface area contributed by atoms with E-state index in [1.807, 2.05) is 6.92 Å². The van der Waals surface area contributed by atoms with E-state index in [0.717, 1.165) is 12.5 Å². The van der Waals surface area contributed by atoms with E-state index < -0.39 is 17.4 Å². The van der Waals surface area contributed by atoms with Gasteiger partial charge in [-0.2, -0.15) is 0 Å². The number of nitrogens with zero attached hydrogens (tertiary/aromatic N) is 1. The molecule has 0 spiro atoms. The summed E-state index contributed by atoms with van der Waals surface area (Å²) in [5.41, 5.74) is 0.0512. The first-order valence-electron chi connectivity index (χ1n) is 6.29. The van der Waals surface area contributed by atoms with Gasteiger partial charge in [0.1, 0.15) is 0 Å². The summed E-state index contributed by atoms with van der Waals surface area (Å²) in [6, 6.07) is 3.68. The Bertz CT molecular complexity index is 604. The number of nitro groups is 1. The van der Waals surface area contributed by atoms with Crippen molar-refractivity contribution in [1.29, 1.82) is 0 Å². The third kappa shape index (κ3) is 3.91. The zero-order valence-corrected chi connectivity index (χ0v) is 11.9. The molecule has 1 N–H and O–H groups in total. The van der Waals surface area contributed by atoms with Crippen molar-refractivity contribution in [2.45, 2.75) is 13.3 Å². The van der Waals surface area contributed by atoms with Gasteiger partial charge in [-0.1, -0.05) is 18.5 Å². The molecule has 1 amide bonds. The molecular weight excluding hydrogens is 300 g/mol. The molecule has 1 fully saturated rings. The molecule has 7 nitrogen and oxygen atoms in total. The van der Waals surface area contributed by atoms with Crippen molar-refractivity contribution in [2.75, 3.05) is 11.9 Å². The van der Waals surface area contributed by atoms with Gasteiger partial charge in [0.25, 0.3) is 11.6 Å². The minimum absolute atomic E-state index is 0.0414. The minimum Gasteiger partial charge on any atom is -0.455 e. The number of nitrogens with one attached hydrogen (secondary N) is 1. The fourth-order valence-electron chi connectivity index (χ4n) is 1.80. The largest absolute Gasteiger partial charge is 0.455 e. The number of carbonyl (C=O) groups excluding carboxylic acids is 2. The lowest BCUT2D eigenvalue weighted by molar-refractivity contribution is -0.384. The second-order valence-electron chi connectivity index (χ2n) is 4.90. The smallest absolute Gasteiger partial charge is 0.309 e. The average Bonchev–Trinajstić information content (AvgIpc) is 3.15. The lowest BCUT2D eigenvalue weighted by atomic mass is 10.3. The van der Waals surface area contributed by atoms with Crippen LogP contribution in [0, 0.1) is 22.0 Å². The van der Waals surface area contributed by atoms with Crippen LogP contribution in [0.4, 0.5) is 11.4 Å². The molecule has 2 atom stereocenters. The highest BCUT2D eigenvalue weighted by Crippen LogP contribution is 2.38. The number of anilines is 1. The van der Waals surface area contributed by atoms with Crippen LogP contribution >= 0.6 is 11.6 Å². The van der Waals surface area contributed by atoms with Crippen molar-refractivity contribution in [1.82, 2.24) is 0 Å². The molecule has 0 aliphatic heterocycles. The van der Waals surface area contributed by atoms with Gasteiger partial charge in [0, 0.05) is 12.1 Å². The third-order valence-corrected chi connectivity index (χ3v) is 3.51. The highest BCUT2D eigenvalue weighted by molar-refractivity contribution is 6.34. The van der Waals surface area contributed by atoms with Crippen LogP contribution in [0.3, 0.4) is 0 Å². The molecule has 1 aromatic rings. The van der Waals surface area contributed by atoms with Crippen molar-refractivity contribution in [3.63, 3.8) is 0 Å². The van der Waals surface area contributed by atoms with Gasteiger partial charge in [0.2, 0.25) is 0 Å². The molecule has 8 heteroatoms. The number of halogens is 1. The minimum atomic E-state index is -0.587. The predicted octanol–water partition coefficient (Wildman–Crippen LogP) is 2.39. The molecule has 1 aliphatic carbocycles. The van der Waals surface area contributed by atoms with Crippen LogP contribution in [0.1, 0.15) is 13.3 Å². The van der Waals surface area contributed by atoms with Crippen molar-refractivity contribution < 1.29 is 19.2 Å². The van der Waals surface area contributed by atoms with Crippen LogP contribution in [0.5, 0.6) is 0 Å². The van der Waals surface area contributed by atoms with E-state index in [0.29, 0.717) is 5.92 Å². The number of esters is 1. The summed E-state index contributed by atoms with van der Waals surface area (Å²) in [7, 11) is 0. The highest BCUT2D eigenvalue weighted by atomic mass is 35.5. The normalized spacial score (nSPS) is 19.7. The lowest BCUT2D eigenvalue weighted by Crippen LogP contribution is -2.21.